The van der Waals surface area contributed by atoms with Crippen molar-refractivity contribution in [2.75, 3.05) is 13.6 Å². The Morgan fingerprint density at radius 3 is 2.56 bits per heavy atom. The molecule has 1 aliphatic rings. The Balaban J connectivity index is 2.38. The molecule has 1 rings (SSSR count). The fourth-order valence-corrected chi connectivity index (χ4v) is 1.38. The summed E-state index contributed by atoms with van der Waals surface area (Å²) in [6.07, 6.45) is 1.60. The molecular formula is C7H15NO. The van der Waals surface area contributed by atoms with Crippen LogP contribution < -0.4 is 0 Å². The van der Waals surface area contributed by atoms with Crippen molar-refractivity contribution in [1.82, 2.24) is 5.06 Å². The third-order valence-corrected chi connectivity index (χ3v) is 1.90. The van der Waals surface area contributed by atoms with Crippen LogP contribution in [0.2, 0.25) is 0 Å². The lowest BCUT2D eigenvalue weighted by Gasteiger charge is -2.09. The molecule has 0 aromatic rings. The molecule has 1 saturated heterocycles. The predicted molar refractivity (Wildman–Crippen MR) is 37.0 cm³/mol. The lowest BCUT2D eigenvalue weighted by Crippen LogP contribution is -2.13. The molecule has 2 heteroatoms. The molecule has 0 spiro atoms. The molecule has 0 N–H and O–H groups in total. The van der Waals surface area contributed by atoms with E-state index in [-0.39, 0.29) is 0 Å². The predicted octanol–water partition coefficient (Wildman–Crippen LogP) is 1.28. The molecule has 2 atom stereocenters. The third-order valence-electron chi connectivity index (χ3n) is 1.90. The molecule has 1 aliphatic heterocycles. The summed E-state index contributed by atoms with van der Waals surface area (Å²) in [4.78, 5) is 5.46. The summed E-state index contributed by atoms with van der Waals surface area (Å²) in [5.74, 6) is 0.708. The van der Waals surface area contributed by atoms with Crippen LogP contribution in [0.4, 0.5) is 0 Å². The molecule has 0 unspecified atom stereocenters. The summed E-state index contributed by atoms with van der Waals surface area (Å²) in [5, 5.41) is 1.93. The van der Waals surface area contributed by atoms with Crippen LogP contribution in [-0.2, 0) is 4.84 Å². The lowest BCUT2D eigenvalue weighted by molar-refractivity contribution is -0.128. The molecule has 2 nitrogen and oxygen atoms in total. The second-order valence-electron chi connectivity index (χ2n) is 2.84. The zero-order valence-corrected chi connectivity index (χ0v) is 6.42. The average molecular weight is 129 g/mol. The first kappa shape index (κ1) is 7.03. The van der Waals surface area contributed by atoms with Crippen molar-refractivity contribution in [1.29, 1.82) is 0 Å². The van der Waals surface area contributed by atoms with Crippen LogP contribution in [0.1, 0.15) is 20.3 Å². The van der Waals surface area contributed by atoms with E-state index >= 15 is 0 Å². The second-order valence-corrected chi connectivity index (χ2v) is 2.84. The molecule has 0 bridgehead atoms. The maximum absolute atomic E-state index is 5.46. The van der Waals surface area contributed by atoms with Crippen molar-refractivity contribution < 1.29 is 4.84 Å². The largest absolute Gasteiger partial charge is 0.296 e. The van der Waals surface area contributed by atoms with E-state index in [4.69, 9.17) is 4.84 Å². The van der Waals surface area contributed by atoms with Gasteiger partial charge in [0.05, 0.1) is 6.10 Å². The molecule has 54 valence electrons. The van der Waals surface area contributed by atoms with E-state index in [0.717, 1.165) is 13.0 Å². The number of hydroxylamine groups is 2. The highest BCUT2D eigenvalue weighted by molar-refractivity contribution is 4.70. The lowest BCUT2D eigenvalue weighted by atomic mass is 10.0. The Kier molecular flexibility index (Phi) is 2.09. The van der Waals surface area contributed by atoms with Crippen LogP contribution in [0.5, 0.6) is 0 Å². The molecule has 0 saturated carbocycles. The molecule has 0 aromatic carbocycles. The first-order valence-corrected chi connectivity index (χ1v) is 3.62. The fraction of sp³-hybridized carbons (Fsp3) is 1.00. The molecule has 0 amide bonds. The van der Waals surface area contributed by atoms with Gasteiger partial charge in [0, 0.05) is 13.6 Å². The number of hydrogen-bond donors (Lipinski definition) is 0. The van der Waals surface area contributed by atoms with Crippen LogP contribution in [0.25, 0.3) is 0 Å². The van der Waals surface area contributed by atoms with Crippen molar-refractivity contribution in [3.8, 4) is 0 Å². The van der Waals surface area contributed by atoms with Gasteiger partial charge < -0.3 is 0 Å². The minimum atomic E-state index is 0.468. The first-order chi connectivity index (χ1) is 4.24. The van der Waals surface area contributed by atoms with Gasteiger partial charge in [0.15, 0.2) is 0 Å². The van der Waals surface area contributed by atoms with Crippen molar-refractivity contribution >= 4 is 0 Å². The highest BCUT2D eigenvalue weighted by Crippen LogP contribution is 2.20. The van der Waals surface area contributed by atoms with Crippen molar-refractivity contribution in [3.63, 3.8) is 0 Å². The maximum atomic E-state index is 5.46. The quantitative estimate of drug-likeness (QED) is 0.528. The Morgan fingerprint density at radius 2 is 2.33 bits per heavy atom. The van der Waals surface area contributed by atoms with Gasteiger partial charge in [-0.1, -0.05) is 13.8 Å². The summed E-state index contributed by atoms with van der Waals surface area (Å²) < 4.78 is 0. The number of rotatable bonds is 1. The second kappa shape index (κ2) is 2.67. The topological polar surface area (TPSA) is 12.5 Å². The molecular weight excluding hydrogens is 114 g/mol. The molecule has 0 aliphatic carbocycles. The average Bonchev–Trinajstić information content (AvgIpc) is 2.10. The Labute approximate surface area is 56.8 Å². The van der Waals surface area contributed by atoms with E-state index < -0.39 is 0 Å². The smallest absolute Gasteiger partial charge is 0.0829 e. The van der Waals surface area contributed by atoms with E-state index in [1.54, 1.807) is 0 Å². The van der Waals surface area contributed by atoms with Crippen LogP contribution in [0.3, 0.4) is 0 Å². The fourth-order valence-electron chi connectivity index (χ4n) is 1.38. The highest BCUT2D eigenvalue weighted by atomic mass is 16.7. The Hall–Kier alpha value is -0.0800. The van der Waals surface area contributed by atoms with Crippen LogP contribution in [0.15, 0.2) is 0 Å². The van der Waals surface area contributed by atoms with E-state index in [0.29, 0.717) is 12.0 Å². The Bertz CT molecular complexity index is 94.9. The van der Waals surface area contributed by atoms with Gasteiger partial charge in [-0.15, -0.1) is 0 Å². The van der Waals surface area contributed by atoms with Gasteiger partial charge in [-0.25, -0.2) is 0 Å². The van der Waals surface area contributed by atoms with Crippen molar-refractivity contribution in [2.24, 2.45) is 5.92 Å². The Morgan fingerprint density at radius 1 is 1.67 bits per heavy atom. The van der Waals surface area contributed by atoms with E-state index in [2.05, 4.69) is 13.8 Å². The van der Waals surface area contributed by atoms with Crippen molar-refractivity contribution in [2.45, 2.75) is 26.4 Å². The minimum Gasteiger partial charge on any atom is -0.296 e. The standard InChI is InChI=1S/C7H15NO/c1-4-7-6(2)5-8(3)9-7/h6-7H,4-5H2,1-3H3/t6-,7+/m0/s1. The zero-order chi connectivity index (χ0) is 6.85. The summed E-state index contributed by atoms with van der Waals surface area (Å²) in [6.45, 7) is 5.48. The molecule has 1 heterocycles. The van der Waals surface area contributed by atoms with Gasteiger partial charge >= 0.3 is 0 Å². The van der Waals surface area contributed by atoms with E-state index in [1.165, 1.54) is 0 Å². The van der Waals surface area contributed by atoms with Gasteiger partial charge in [0.25, 0.3) is 0 Å². The summed E-state index contributed by atoms with van der Waals surface area (Å²) in [6, 6.07) is 0. The molecule has 0 aromatic heterocycles. The van der Waals surface area contributed by atoms with Gasteiger partial charge in [-0.3, -0.25) is 4.84 Å². The monoisotopic (exact) mass is 129 g/mol. The summed E-state index contributed by atoms with van der Waals surface area (Å²) in [5.41, 5.74) is 0. The summed E-state index contributed by atoms with van der Waals surface area (Å²) in [7, 11) is 1.99. The zero-order valence-electron chi connectivity index (χ0n) is 6.42. The van der Waals surface area contributed by atoms with E-state index in [9.17, 15) is 0 Å². The molecule has 9 heavy (non-hydrogen) atoms. The van der Waals surface area contributed by atoms with Gasteiger partial charge in [-0.05, 0) is 12.3 Å². The summed E-state index contributed by atoms with van der Waals surface area (Å²) >= 11 is 0. The normalized spacial score (nSPS) is 37.7. The van der Waals surface area contributed by atoms with Gasteiger partial charge in [0.2, 0.25) is 0 Å². The highest BCUT2D eigenvalue weighted by Gasteiger charge is 2.26. The minimum absolute atomic E-state index is 0.468. The van der Waals surface area contributed by atoms with Gasteiger partial charge in [-0.2, -0.15) is 5.06 Å². The first-order valence-electron chi connectivity index (χ1n) is 3.62. The van der Waals surface area contributed by atoms with Crippen LogP contribution >= 0.6 is 0 Å². The third kappa shape index (κ3) is 1.43. The molecule has 1 fully saturated rings. The van der Waals surface area contributed by atoms with Crippen LogP contribution in [-0.4, -0.2) is 24.8 Å². The van der Waals surface area contributed by atoms with Crippen molar-refractivity contribution in [3.05, 3.63) is 0 Å². The maximum Gasteiger partial charge on any atom is 0.0829 e. The van der Waals surface area contributed by atoms with Crippen LogP contribution in [0, 0.1) is 5.92 Å². The van der Waals surface area contributed by atoms with E-state index in [1.807, 2.05) is 12.1 Å². The number of hydrogen-bond acceptors (Lipinski definition) is 2. The SMILES string of the molecule is CC[C@H]1ON(C)C[C@@H]1C. The molecule has 0 radical (unpaired) electrons. The number of nitrogens with zero attached hydrogens (tertiary/aromatic N) is 1. The van der Waals surface area contributed by atoms with Gasteiger partial charge in [0.1, 0.15) is 0 Å².